The fourth-order valence-corrected chi connectivity index (χ4v) is 5.14. The van der Waals surface area contributed by atoms with Crippen molar-refractivity contribution < 1.29 is 33.7 Å². The van der Waals surface area contributed by atoms with Crippen LogP contribution in [0.2, 0.25) is 0 Å². The molecule has 0 aliphatic carbocycles. The molecular weight excluding hydrogens is 520 g/mol. The van der Waals surface area contributed by atoms with E-state index in [2.05, 4.69) is 11.6 Å². The molecule has 9 nitrogen and oxygen atoms in total. The normalized spacial score (nSPS) is 16.3. The van der Waals surface area contributed by atoms with Gasteiger partial charge in [0.1, 0.15) is 28.7 Å². The van der Waals surface area contributed by atoms with Crippen LogP contribution in [-0.4, -0.2) is 47.6 Å². The average molecular weight is 549 g/mol. The zero-order chi connectivity index (χ0) is 28.1. The topological polar surface area (TPSA) is 115 Å². The molecule has 0 saturated carbocycles. The van der Waals surface area contributed by atoms with Crippen molar-refractivity contribution >= 4 is 39.9 Å². The number of hydrogen-bond acceptors (Lipinski definition) is 9. The van der Waals surface area contributed by atoms with Crippen LogP contribution in [0, 0.1) is 6.92 Å². The number of ether oxygens (including phenoxy) is 3. The van der Waals surface area contributed by atoms with Crippen molar-refractivity contribution in [3.8, 4) is 11.5 Å². The number of aliphatic hydroxyl groups is 1. The molecule has 1 saturated heterocycles. The van der Waals surface area contributed by atoms with Gasteiger partial charge in [-0.05, 0) is 62.7 Å². The Bertz CT molecular complexity index is 1420. The summed E-state index contributed by atoms with van der Waals surface area (Å²) < 4.78 is 16.2. The molecular formula is C29H28N2O7S. The highest BCUT2D eigenvalue weighted by Crippen LogP contribution is 2.44. The third-order valence-corrected chi connectivity index (χ3v) is 7.04. The molecule has 1 N–H and O–H groups in total. The van der Waals surface area contributed by atoms with Gasteiger partial charge in [-0.15, -0.1) is 0 Å². The Morgan fingerprint density at radius 1 is 1.05 bits per heavy atom. The molecule has 1 unspecified atom stereocenters. The van der Waals surface area contributed by atoms with Gasteiger partial charge in [0.05, 0.1) is 30.5 Å². The SMILES string of the molecule is C=CCOc1ccc(C2/C(=C(\O)c3ccc(OCC)cc3)C(=O)C(=O)N2c2nc(C)c(C(=O)OCC)s2)cc1. The molecule has 0 bridgehead atoms. The van der Waals surface area contributed by atoms with Crippen molar-refractivity contribution in [2.45, 2.75) is 26.8 Å². The number of rotatable bonds is 10. The fraction of sp³-hybridized carbons (Fsp3) is 0.241. The number of hydrogen-bond donors (Lipinski definition) is 1. The third-order valence-electron chi connectivity index (χ3n) is 5.90. The maximum Gasteiger partial charge on any atom is 0.350 e. The Morgan fingerprint density at radius 2 is 1.69 bits per heavy atom. The predicted molar refractivity (Wildman–Crippen MR) is 147 cm³/mol. The minimum absolute atomic E-state index is 0.102. The van der Waals surface area contributed by atoms with E-state index in [-0.39, 0.29) is 27.9 Å². The van der Waals surface area contributed by atoms with E-state index in [9.17, 15) is 19.5 Å². The van der Waals surface area contributed by atoms with Crippen LogP contribution in [0.15, 0.2) is 66.8 Å². The minimum atomic E-state index is -1.01. The number of aryl methyl sites for hydroxylation is 1. The summed E-state index contributed by atoms with van der Waals surface area (Å²) in [6, 6.07) is 12.4. The van der Waals surface area contributed by atoms with Crippen molar-refractivity contribution in [2.75, 3.05) is 24.7 Å². The largest absolute Gasteiger partial charge is 0.507 e. The number of carbonyl (C=O) groups is 3. The summed E-state index contributed by atoms with van der Waals surface area (Å²) in [4.78, 5) is 45.1. The number of amides is 1. The smallest absolute Gasteiger partial charge is 0.350 e. The monoisotopic (exact) mass is 548 g/mol. The van der Waals surface area contributed by atoms with Crippen LogP contribution < -0.4 is 14.4 Å². The summed E-state index contributed by atoms with van der Waals surface area (Å²) in [6.07, 6.45) is 1.62. The summed E-state index contributed by atoms with van der Waals surface area (Å²) in [5, 5.41) is 11.5. The molecule has 1 aliphatic rings. The lowest BCUT2D eigenvalue weighted by Gasteiger charge is -2.23. The van der Waals surface area contributed by atoms with Gasteiger partial charge in [-0.2, -0.15) is 0 Å². The second-order valence-corrected chi connectivity index (χ2v) is 9.40. The zero-order valence-corrected chi connectivity index (χ0v) is 22.6. The summed E-state index contributed by atoms with van der Waals surface area (Å²) in [7, 11) is 0. The molecule has 2 aromatic carbocycles. The van der Waals surface area contributed by atoms with E-state index in [1.165, 1.54) is 4.90 Å². The van der Waals surface area contributed by atoms with Gasteiger partial charge in [-0.25, -0.2) is 9.78 Å². The molecule has 10 heteroatoms. The molecule has 202 valence electrons. The van der Waals surface area contributed by atoms with E-state index in [1.54, 1.807) is 68.5 Å². The predicted octanol–water partition coefficient (Wildman–Crippen LogP) is 5.22. The van der Waals surface area contributed by atoms with Crippen LogP contribution >= 0.6 is 11.3 Å². The van der Waals surface area contributed by atoms with Gasteiger partial charge >= 0.3 is 11.9 Å². The van der Waals surface area contributed by atoms with Crippen molar-refractivity contribution in [3.05, 3.63) is 88.5 Å². The fourth-order valence-electron chi connectivity index (χ4n) is 4.15. The Morgan fingerprint density at radius 3 is 2.31 bits per heavy atom. The number of thiazole rings is 1. The van der Waals surface area contributed by atoms with E-state index in [1.807, 2.05) is 6.92 Å². The Hall–Kier alpha value is -4.44. The summed E-state index contributed by atoms with van der Waals surface area (Å²) in [6.45, 7) is 9.78. The van der Waals surface area contributed by atoms with Crippen LogP contribution in [-0.2, 0) is 14.3 Å². The molecule has 1 aromatic heterocycles. The van der Waals surface area contributed by atoms with Crippen molar-refractivity contribution in [3.63, 3.8) is 0 Å². The Labute approximate surface area is 230 Å². The number of anilines is 1. The first kappa shape index (κ1) is 27.6. The van der Waals surface area contributed by atoms with Crippen LogP contribution in [0.4, 0.5) is 5.13 Å². The molecule has 3 aromatic rings. The second-order valence-electron chi connectivity index (χ2n) is 8.43. The number of nitrogens with zero attached hydrogens (tertiary/aromatic N) is 2. The summed E-state index contributed by atoms with van der Waals surface area (Å²) in [5.41, 5.74) is 1.15. The number of ketones is 1. The number of carbonyl (C=O) groups excluding carboxylic acids is 3. The van der Waals surface area contributed by atoms with E-state index < -0.39 is 23.7 Å². The second kappa shape index (κ2) is 12.0. The van der Waals surface area contributed by atoms with Crippen molar-refractivity contribution in [2.24, 2.45) is 0 Å². The van der Waals surface area contributed by atoms with Gasteiger partial charge in [0.25, 0.3) is 5.78 Å². The number of aliphatic hydroxyl groups excluding tert-OH is 1. The summed E-state index contributed by atoms with van der Waals surface area (Å²) >= 11 is 0.951. The van der Waals surface area contributed by atoms with Gasteiger partial charge in [0.15, 0.2) is 5.13 Å². The van der Waals surface area contributed by atoms with Gasteiger partial charge < -0.3 is 19.3 Å². The molecule has 0 radical (unpaired) electrons. The lowest BCUT2D eigenvalue weighted by atomic mass is 9.95. The van der Waals surface area contributed by atoms with Gasteiger partial charge in [0.2, 0.25) is 0 Å². The maximum absolute atomic E-state index is 13.4. The van der Waals surface area contributed by atoms with Crippen LogP contribution in [0.3, 0.4) is 0 Å². The van der Waals surface area contributed by atoms with E-state index >= 15 is 0 Å². The highest BCUT2D eigenvalue weighted by molar-refractivity contribution is 7.17. The van der Waals surface area contributed by atoms with Crippen LogP contribution in [0.5, 0.6) is 11.5 Å². The number of aromatic nitrogens is 1. The Balaban J connectivity index is 1.85. The molecule has 1 fully saturated rings. The van der Waals surface area contributed by atoms with Crippen LogP contribution in [0.25, 0.3) is 5.76 Å². The minimum Gasteiger partial charge on any atom is -0.507 e. The van der Waals surface area contributed by atoms with Gasteiger partial charge in [-0.1, -0.05) is 36.1 Å². The lowest BCUT2D eigenvalue weighted by molar-refractivity contribution is -0.132. The molecule has 1 amide bonds. The molecule has 39 heavy (non-hydrogen) atoms. The first-order valence-electron chi connectivity index (χ1n) is 12.3. The van der Waals surface area contributed by atoms with E-state index in [0.717, 1.165) is 11.3 Å². The maximum atomic E-state index is 13.4. The zero-order valence-electron chi connectivity index (χ0n) is 21.8. The van der Waals surface area contributed by atoms with Gasteiger partial charge in [0, 0.05) is 5.56 Å². The highest BCUT2D eigenvalue weighted by Gasteiger charge is 2.48. The van der Waals surface area contributed by atoms with Gasteiger partial charge in [-0.3, -0.25) is 14.5 Å². The quantitative estimate of drug-likeness (QED) is 0.121. The molecule has 1 atom stereocenters. The van der Waals surface area contributed by atoms with Crippen molar-refractivity contribution in [1.82, 2.24) is 4.98 Å². The van der Waals surface area contributed by atoms with E-state index in [0.29, 0.717) is 41.5 Å². The molecule has 2 heterocycles. The molecule has 4 rings (SSSR count). The lowest BCUT2D eigenvalue weighted by Crippen LogP contribution is -2.29. The molecule has 1 aliphatic heterocycles. The number of benzene rings is 2. The Kier molecular flexibility index (Phi) is 8.46. The highest BCUT2D eigenvalue weighted by atomic mass is 32.1. The number of Topliss-reactive ketones (excluding diaryl/α,β-unsaturated/α-hetero) is 1. The standard InChI is InChI=1S/C29H28N2O7S/c1-5-16-38-21-12-8-18(9-13-21)23-22(24(32)19-10-14-20(15-11-19)36-6-2)25(33)27(34)31(23)29-30-17(4)26(39-29)28(35)37-7-3/h5,8-15,23,32H,1,6-7,16H2,2-4H3/b24-22+. The van der Waals surface area contributed by atoms with E-state index in [4.69, 9.17) is 14.2 Å². The molecule has 0 spiro atoms. The first-order chi connectivity index (χ1) is 18.8. The summed E-state index contributed by atoms with van der Waals surface area (Å²) in [5.74, 6) is -1.48. The van der Waals surface area contributed by atoms with Crippen molar-refractivity contribution in [1.29, 1.82) is 0 Å². The number of esters is 1. The van der Waals surface area contributed by atoms with Crippen LogP contribution in [0.1, 0.15) is 46.4 Å². The average Bonchev–Trinajstić information content (AvgIpc) is 3.44. The third kappa shape index (κ3) is 5.56. The first-order valence-corrected chi connectivity index (χ1v) is 13.1.